The number of halogens is 1. The van der Waals surface area contributed by atoms with Crippen LogP contribution in [0, 0.1) is 5.82 Å². The second-order valence-electron chi connectivity index (χ2n) is 6.78. The molecule has 0 spiro atoms. The number of benzene rings is 1. The van der Waals surface area contributed by atoms with E-state index in [9.17, 15) is 12.8 Å². The number of hydrogen-bond donors (Lipinski definition) is 0. The zero-order valence-electron chi connectivity index (χ0n) is 15.0. The number of piperidine rings is 1. The lowest BCUT2D eigenvalue weighted by Crippen LogP contribution is -2.37. The first-order valence-electron chi connectivity index (χ1n) is 9.18. The largest absolute Gasteiger partial charge is 0.491 e. The van der Waals surface area contributed by atoms with Gasteiger partial charge >= 0.3 is 0 Å². The maximum atomic E-state index is 14.3. The number of fused-ring (bicyclic) bond motifs is 1. The summed E-state index contributed by atoms with van der Waals surface area (Å²) in [6.07, 6.45) is 4.35. The SMILES string of the molecule is O=S(=O)(c1cccnc1N1CCOc2cccc(F)c2C1)N1CCCCC1. The zero-order chi connectivity index (χ0) is 18.9. The fraction of sp³-hybridized carbons (Fsp3) is 0.421. The highest BCUT2D eigenvalue weighted by atomic mass is 32.2. The Labute approximate surface area is 158 Å². The number of hydrogen-bond acceptors (Lipinski definition) is 5. The van der Waals surface area contributed by atoms with Crippen LogP contribution in [0.1, 0.15) is 24.8 Å². The molecule has 2 aromatic rings. The van der Waals surface area contributed by atoms with Crippen LogP contribution >= 0.6 is 0 Å². The Morgan fingerprint density at radius 3 is 2.67 bits per heavy atom. The molecule has 0 bridgehead atoms. The number of rotatable bonds is 3. The van der Waals surface area contributed by atoms with Crippen molar-refractivity contribution in [3.05, 3.63) is 47.9 Å². The van der Waals surface area contributed by atoms with Crippen LogP contribution in [0.2, 0.25) is 0 Å². The number of anilines is 1. The highest BCUT2D eigenvalue weighted by molar-refractivity contribution is 7.89. The van der Waals surface area contributed by atoms with Crippen molar-refractivity contribution in [2.45, 2.75) is 30.7 Å². The van der Waals surface area contributed by atoms with E-state index >= 15 is 0 Å². The molecule has 1 aromatic heterocycles. The molecular formula is C19H22FN3O3S. The summed E-state index contributed by atoms with van der Waals surface area (Å²) in [5.74, 6) is 0.479. The smallest absolute Gasteiger partial charge is 0.246 e. The van der Waals surface area contributed by atoms with Gasteiger partial charge in [-0.25, -0.2) is 17.8 Å². The first kappa shape index (κ1) is 18.2. The van der Waals surface area contributed by atoms with Crippen molar-refractivity contribution < 1.29 is 17.5 Å². The fourth-order valence-electron chi connectivity index (χ4n) is 3.61. The van der Waals surface area contributed by atoms with Gasteiger partial charge < -0.3 is 9.64 Å². The van der Waals surface area contributed by atoms with Gasteiger partial charge in [-0.1, -0.05) is 12.5 Å². The van der Waals surface area contributed by atoms with Gasteiger partial charge in [0.15, 0.2) is 0 Å². The minimum atomic E-state index is -3.65. The van der Waals surface area contributed by atoms with E-state index in [0.717, 1.165) is 19.3 Å². The predicted octanol–water partition coefficient (Wildman–Crippen LogP) is 2.79. The molecule has 1 aromatic carbocycles. The first-order valence-corrected chi connectivity index (χ1v) is 10.6. The summed E-state index contributed by atoms with van der Waals surface area (Å²) < 4.78 is 47.9. The van der Waals surface area contributed by atoms with E-state index in [2.05, 4.69) is 4.98 Å². The van der Waals surface area contributed by atoms with Gasteiger partial charge in [-0.2, -0.15) is 4.31 Å². The average Bonchev–Trinajstić information content (AvgIpc) is 2.92. The van der Waals surface area contributed by atoms with E-state index in [4.69, 9.17) is 4.74 Å². The van der Waals surface area contributed by atoms with Crippen molar-refractivity contribution in [3.63, 3.8) is 0 Å². The van der Waals surface area contributed by atoms with Crippen molar-refractivity contribution >= 4 is 15.8 Å². The van der Waals surface area contributed by atoms with Crippen LogP contribution in [-0.2, 0) is 16.6 Å². The van der Waals surface area contributed by atoms with Gasteiger partial charge in [0.1, 0.15) is 28.9 Å². The van der Waals surface area contributed by atoms with Crippen LogP contribution in [0.3, 0.4) is 0 Å². The van der Waals surface area contributed by atoms with Gasteiger partial charge in [0.25, 0.3) is 0 Å². The summed E-state index contributed by atoms with van der Waals surface area (Å²) >= 11 is 0. The van der Waals surface area contributed by atoms with E-state index in [1.807, 2.05) is 0 Å². The average molecular weight is 391 g/mol. The van der Waals surface area contributed by atoms with Crippen LogP contribution in [0.25, 0.3) is 0 Å². The van der Waals surface area contributed by atoms with Crippen LogP contribution in [0.5, 0.6) is 5.75 Å². The van der Waals surface area contributed by atoms with Crippen LogP contribution in [-0.4, -0.2) is 43.9 Å². The Morgan fingerprint density at radius 2 is 1.85 bits per heavy atom. The molecule has 3 heterocycles. The van der Waals surface area contributed by atoms with E-state index in [1.165, 1.54) is 10.4 Å². The lowest BCUT2D eigenvalue weighted by Gasteiger charge is -2.29. The number of pyridine rings is 1. The molecule has 0 unspecified atom stereocenters. The summed E-state index contributed by atoms with van der Waals surface area (Å²) in [5.41, 5.74) is 0.418. The highest BCUT2D eigenvalue weighted by Gasteiger charge is 2.31. The molecule has 2 aliphatic heterocycles. The van der Waals surface area contributed by atoms with Gasteiger partial charge in [-0.05, 0) is 37.1 Å². The predicted molar refractivity (Wildman–Crippen MR) is 99.8 cm³/mol. The van der Waals surface area contributed by atoms with Gasteiger partial charge in [0, 0.05) is 24.8 Å². The second-order valence-corrected chi connectivity index (χ2v) is 8.68. The molecule has 0 amide bonds. The molecule has 0 radical (unpaired) electrons. The molecule has 0 N–H and O–H groups in total. The molecule has 6 nitrogen and oxygen atoms in total. The Bertz CT molecular complexity index is 930. The molecule has 27 heavy (non-hydrogen) atoms. The number of sulfonamides is 1. The van der Waals surface area contributed by atoms with E-state index < -0.39 is 10.0 Å². The summed E-state index contributed by atoms with van der Waals surface area (Å²) in [5, 5.41) is 0. The van der Waals surface area contributed by atoms with E-state index in [0.29, 0.717) is 43.4 Å². The molecule has 4 rings (SSSR count). The lowest BCUT2D eigenvalue weighted by molar-refractivity contribution is 0.329. The van der Waals surface area contributed by atoms with Gasteiger partial charge in [-0.15, -0.1) is 0 Å². The van der Waals surface area contributed by atoms with Crippen molar-refractivity contribution in [1.82, 2.24) is 9.29 Å². The third-order valence-electron chi connectivity index (χ3n) is 5.03. The summed E-state index contributed by atoms with van der Waals surface area (Å²) in [6, 6.07) is 7.93. The Hall–Kier alpha value is -2.19. The molecule has 1 saturated heterocycles. The van der Waals surface area contributed by atoms with Crippen LogP contribution < -0.4 is 9.64 Å². The van der Waals surface area contributed by atoms with Gasteiger partial charge in [0.05, 0.1) is 13.1 Å². The third kappa shape index (κ3) is 3.51. The normalized spacial score (nSPS) is 18.5. The maximum Gasteiger partial charge on any atom is 0.246 e. The second kappa shape index (κ2) is 7.44. The molecule has 8 heteroatoms. The Morgan fingerprint density at radius 1 is 1.04 bits per heavy atom. The van der Waals surface area contributed by atoms with Crippen molar-refractivity contribution in [2.24, 2.45) is 0 Å². The van der Waals surface area contributed by atoms with Crippen molar-refractivity contribution in [1.29, 1.82) is 0 Å². The number of ether oxygens (including phenoxy) is 1. The fourth-order valence-corrected chi connectivity index (χ4v) is 5.29. The third-order valence-corrected chi connectivity index (χ3v) is 6.95. The maximum absolute atomic E-state index is 14.3. The molecule has 1 fully saturated rings. The summed E-state index contributed by atoms with van der Waals surface area (Å²) in [6.45, 7) is 2.01. The van der Waals surface area contributed by atoms with Crippen molar-refractivity contribution in [2.75, 3.05) is 31.1 Å². The molecular weight excluding hydrogens is 369 g/mol. The molecule has 2 aliphatic rings. The minimum Gasteiger partial charge on any atom is -0.491 e. The minimum absolute atomic E-state index is 0.173. The topological polar surface area (TPSA) is 62.7 Å². The highest BCUT2D eigenvalue weighted by Crippen LogP contribution is 2.32. The lowest BCUT2D eigenvalue weighted by atomic mass is 10.2. The quantitative estimate of drug-likeness (QED) is 0.805. The molecule has 144 valence electrons. The first-order chi connectivity index (χ1) is 13.1. The van der Waals surface area contributed by atoms with Crippen LogP contribution in [0.15, 0.2) is 41.4 Å². The number of aromatic nitrogens is 1. The summed E-state index contributed by atoms with van der Waals surface area (Å²) in [7, 11) is -3.65. The Kier molecular flexibility index (Phi) is 5.01. The van der Waals surface area contributed by atoms with E-state index in [-0.39, 0.29) is 17.3 Å². The monoisotopic (exact) mass is 391 g/mol. The summed E-state index contributed by atoms with van der Waals surface area (Å²) in [4.78, 5) is 6.31. The Balaban J connectivity index is 1.72. The number of nitrogens with zero attached hydrogens (tertiary/aromatic N) is 3. The molecule has 0 atom stereocenters. The van der Waals surface area contributed by atoms with Gasteiger partial charge in [-0.3, -0.25) is 0 Å². The van der Waals surface area contributed by atoms with Crippen LogP contribution in [0.4, 0.5) is 10.2 Å². The van der Waals surface area contributed by atoms with E-state index in [1.54, 1.807) is 35.4 Å². The standard InChI is InChI=1S/C19H22FN3O3S/c20-16-6-4-7-17-15(16)14-22(12-13-26-17)19-18(8-5-9-21-19)27(24,25)23-10-2-1-3-11-23/h4-9H,1-3,10-14H2. The molecule has 0 aliphatic carbocycles. The van der Waals surface area contributed by atoms with Crippen molar-refractivity contribution in [3.8, 4) is 5.75 Å². The molecule has 0 saturated carbocycles. The van der Waals surface area contributed by atoms with Gasteiger partial charge in [0.2, 0.25) is 10.0 Å². The zero-order valence-corrected chi connectivity index (χ0v) is 15.8.